The Bertz CT molecular complexity index is 618. The van der Waals surface area contributed by atoms with Crippen LogP contribution in [0.5, 0.6) is 11.8 Å². The van der Waals surface area contributed by atoms with E-state index in [4.69, 9.17) is 4.74 Å². The van der Waals surface area contributed by atoms with Crippen LogP contribution in [0.25, 0.3) is 0 Å². The van der Waals surface area contributed by atoms with Crippen LogP contribution in [-0.2, 0) is 6.54 Å². The molecule has 0 radical (unpaired) electrons. The Balaban J connectivity index is 2.10. The molecule has 0 saturated carbocycles. The Labute approximate surface area is 126 Å². The molecule has 0 unspecified atom stereocenters. The summed E-state index contributed by atoms with van der Waals surface area (Å²) >= 11 is 0. The average molecular weight is 285 g/mol. The van der Waals surface area contributed by atoms with E-state index in [2.05, 4.69) is 36.1 Å². The molecule has 0 fully saturated rings. The zero-order chi connectivity index (χ0) is 15.5. The molecule has 0 aliphatic rings. The fraction of sp³-hybridized carbons (Fsp3) is 0.412. The molecule has 0 saturated heterocycles. The number of ether oxygens (including phenoxy) is 1. The third-order valence-corrected chi connectivity index (χ3v) is 3.16. The predicted octanol–water partition coefficient (Wildman–Crippen LogP) is 3.77. The van der Waals surface area contributed by atoms with Gasteiger partial charge in [-0.15, -0.1) is 0 Å². The predicted molar refractivity (Wildman–Crippen MR) is 84.6 cm³/mol. The summed E-state index contributed by atoms with van der Waals surface area (Å²) < 4.78 is 5.75. The first-order valence-electron chi connectivity index (χ1n) is 7.16. The van der Waals surface area contributed by atoms with E-state index >= 15 is 0 Å². The topological polar surface area (TPSA) is 47.0 Å². The monoisotopic (exact) mass is 285 g/mol. The number of aromatic nitrogens is 2. The second kappa shape index (κ2) is 6.22. The number of para-hydroxylation sites is 1. The highest BCUT2D eigenvalue weighted by molar-refractivity contribution is 5.34. The van der Waals surface area contributed by atoms with E-state index < -0.39 is 0 Å². The van der Waals surface area contributed by atoms with Crippen molar-refractivity contribution in [2.45, 2.75) is 46.7 Å². The number of aryl methyl sites for hydroxylation is 2. The maximum absolute atomic E-state index is 5.75. The van der Waals surface area contributed by atoms with Gasteiger partial charge in [-0.1, -0.05) is 18.2 Å². The summed E-state index contributed by atoms with van der Waals surface area (Å²) in [7, 11) is 0. The van der Waals surface area contributed by atoms with Crippen molar-refractivity contribution in [3.63, 3.8) is 0 Å². The molecule has 0 spiro atoms. The van der Waals surface area contributed by atoms with Crippen LogP contribution in [-0.4, -0.2) is 15.5 Å². The number of nitrogens with zero attached hydrogens (tertiary/aromatic N) is 2. The van der Waals surface area contributed by atoms with Gasteiger partial charge in [-0.05, 0) is 46.2 Å². The van der Waals surface area contributed by atoms with Crippen molar-refractivity contribution in [1.29, 1.82) is 0 Å². The number of benzene rings is 1. The lowest BCUT2D eigenvalue weighted by atomic mass is 10.1. The summed E-state index contributed by atoms with van der Waals surface area (Å²) in [4.78, 5) is 8.74. The normalized spacial score (nSPS) is 11.5. The first-order valence-corrected chi connectivity index (χ1v) is 7.16. The summed E-state index contributed by atoms with van der Waals surface area (Å²) in [5, 5.41) is 3.44. The first kappa shape index (κ1) is 15.4. The van der Waals surface area contributed by atoms with Gasteiger partial charge in [-0.2, -0.15) is 4.98 Å². The number of hydrogen-bond acceptors (Lipinski definition) is 4. The van der Waals surface area contributed by atoms with E-state index in [1.165, 1.54) is 0 Å². The maximum Gasteiger partial charge on any atom is 0.322 e. The standard InChI is InChI=1S/C17H23N3O/c1-12-8-6-7-9-15(12)21-16-18-10-14(13(2)20-16)11-19-17(3,4)5/h6-10,19H,11H2,1-5H3. The largest absolute Gasteiger partial charge is 0.424 e. The molecule has 0 bridgehead atoms. The van der Waals surface area contributed by atoms with Crippen LogP contribution in [0, 0.1) is 13.8 Å². The zero-order valence-electron chi connectivity index (χ0n) is 13.4. The van der Waals surface area contributed by atoms with Gasteiger partial charge < -0.3 is 10.1 Å². The summed E-state index contributed by atoms with van der Waals surface area (Å²) in [6.45, 7) is 11.1. The third kappa shape index (κ3) is 4.53. The molecular weight excluding hydrogens is 262 g/mol. The van der Waals surface area contributed by atoms with Crippen molar-refractivity contribution in [3.05, 3.63) is 47.3 Å². The summed E-state index contributed by atoms with van der Waals surface area (Å²) in [6, 6.07) is 8.24. The van der Waals surface area contributed by atoms with Crippen LogP contribution in [0.4, 0.5) is 0 Å². The SMILES string of the molecule is Cc1ccccc1Oc1ncc(CNC(C)(C)C)c(C)n1. The Morgan fingerprint density at radius 3 is 2.48 bits per heavy atom. The molecular formula is C17H23N3O. The van der Waals surface area contributed by atoms with E-state index in [-0.39, 0.29) is 5.54 Å². The van der Waals surface area contributed by atoms with Crippen molar-refractivity contribution in [3.8, 4) is 11.8 Å². The molecule has 21 heavy (non-hydrogen) atoms. The van der Waals surface area contributed by atoms with Crippen LogP contribution < -0.4 is 10.1 Å². The molecule has 1 N–H and O–H groups in total. The minimum Gasteiger partial charge on any atom is -0.424 e. The summed E-state index contributed by atoms with van der Waals surface area (Å²) in [5.74, 6) is 0.789. The minimum absolute atomic E-state index is 0.0722. The molecule has 4 nitrogen and oxygen atoms in total. The van der Waals surface area contributed by atoms with E-state index in [1.807, 2.05) is 44.3 Å². The second-order valence-electron chi connectivity index (χ2n) is 6.23. The van der Waals surface area contributed by atoms with Gasteiger partial charge in [0.15, 0.2) is 0 Å². The summed E-state index contributed by atoms with van der Waals surface area (Å²) in [6.07, 6.45) is 1.83. The van der Waals surface area contributed by atoms with Gasteiger partial charge in [0, 0.05) is 29.5 Å². The molecule has 112 valence electrons. The Morgan fingerprint density at radius 1 is 1.14 bits per heavy atom. The molecule has 4 heteroatoms. The molecule has 1 heterocycles. The maximum atomic E-state index is 5.75. The van der Waals surface area contributed by atoms with Crippen LogP contribution in [0.1, 0.15) is 37.6 Å². The van der Waals surface area contributed by atoms with Crippen molar-refractivity contribution >= 4 is 0 Å². The van der Waals surface area contributed by atoms with Gasteiger partial charge in [0.1, 0.15) is 5.75 Å². The zero-order valence-corrected chi connectivity index (χ0v) is 13.4. The smallest absolute Gasteiger partial charge is 0.322 e. The molecule has 0 amide bonds. The lowest BCUT2D eigenvalue weighted by Gasteiger charge is -2.21. The van der Waals surface area contributed by atoms with Crippen LogP contribution >= 0.6 is 0 Å². The molecule has 1 aromatic carbocycles. The quantitative estimate of drug-likeness (QED) is 0.928. The number of nitrogens with one attached hydrogen (secondary N) is 1. The molecule has 0 aliphatic carbocycles. The van der Waals surface area contributed by atoms with Gasteiger partial charge in [0.2, 0.25) is 0 Å². The highest BCUT2D eigenvalue weighted by Gasteiger charge is 2.11. The van der Waals surface area contributed by atoms with E-state index in [1.54, 1.807) is 0 Å². The number of hydrogen-bond donors (Lipinski definition) is 1. The Hall–Kier alpha value is -1.94. The third-order valence-electron chi connectivity index (χ3n) is 3.16. The first-order chi connectivity index (χ1) is 9.85. The second-order valence-corrected chi connectivity index (χ2v) is 6.23. The van der Waals surface area contributed by atoms with Crippen LogP contribution in [0.3, 0.4) is 0 Å². The molecule has 0 aliphatic heterocycles. The molecule has 0 atom stereocenters. The van der Waals surface area contributed by atoms with Crippen molar-refractivity contribution in [2.75, 3.05) is 0 Å². The van der Waals surface area contributed by atoms with Crippen molar-refractivity contribution in [1.82, 2.24) is 15.3 Å². The lowest BCUT2D eigenvalue weighted by Crippen LogP contribution is -2.35. The summed E-state index contributed by atoms with van der Waals surface area (Å²) in [5.41, 5.74) is 3.16. The highest BCUT2D eigenvalue weighted by Crippen LogP contribution is 2.22. The van der Waals surface area contributed by atoms with E-state index in [9.17, 15) is 0 Å². The number of rotatable bonds is 4. The van der Waals surface area contributed by atoms with Gasteiger partial charge in [0.05, 0.1) is 0 Å². The van der Waals surface area contributed by atoms with Gasteiger partial charge >= 0.3 is 6.01 Å². The minimum atomic E-state index is 0.0722. The van der Waals surface area contributed by atoms with E-state index in [0.29, 0.717) is 6.01 Å². The molecule has 2 aromatic rings. The lowest BCUT2D eigenvalue weighted by molar-refractivity contribution is 0.418. The molecule has 2 rings (SSSR count). The van der Waals surface area contributed by atoms with Gasteiger partial charge in [-0.3, -0.25) is 0 Å². The Morgan fingerprint density at radius 2 is 1.86 bits per heavy atom. The van der Waals surface area contributed by atoms with Crippen LogP contribution in [0.2, 0.25) is 0 Å². The highest BCUT2D eigenvalue weighted by atomic mass is 16.5. The van der Waals surface area contributed by atoms with Gasteiger partial charge in [-0.25, -0.2) is 4.98 Å². The Kier molecular flexibility index (Phi) is 4.58. The average Bonchev–Trinajstić information content (AvgIpc) is 2.39. The van der Waals surface area contributed by atoms with Crippen LogP contribution in [0.15, 0.2) is 30.5 Å². The van der Waals surface area contributed by atoms with E-state index in [0.717, 1.165) is 29.1 Å². The van der Waals surface area contributed by atoms with Crippen molar-refractivity contribution < 1.29 is 4.74 Å². The van der Waals surface area contributed by atoms with Gasteiger partial charge in [0.25, 0.3) is 0 Å². The fourth-order valence-corrected chi connectivity index (χ4v) is 1.82. The molecule has 1 aromatic heterocycles. The fourth-order valence-electron chi connectivity index (χ4n) is 1.82. The van der Waals surface area contributed by atoms with Crippen molar-refractivity contribution in [2.24, 2.45) is 0 Å².